The molecule has 1 heterocycles. The molecule has 112 valence electrons. The van der Waals surface area contributed by atoms with Crippen molar-refractivity contribution < 1.29 is 28.8 Å². The van der Waals surface area contributed by atoms with Crippen molar-refractivity contribution in [3.05, 3.63) is 34.9 Å². The van der Waals surface area contributed by atoms with Crippen molar-refractivity contribution in [1.82, 2.24) is 0 Å². The maximum absolute atomic E-state index is 13.9. The first-order valence-corrected chi connectivity index (χ1v) is 7.27. The second kappa shape index (κ2) is 6.44. The van der Waals surface area contributed by atoms with Crippen LogP contribution in [-0.4, -0.2) is 39.5 Å². The van der Waals surface area contributed by atoms with E-state index in [-0.39, 0.29) is 29.5 Å². The highest BCUT2D eigenvalue weighted by atomic mass is 79.9. The fourth-order valence-electron chi connectivity index (χ4n) is 2.26. The summed E-state index contributed by atoms with van der Waals surface area (Å²) in [6.07, 6.45) is -3.45. The number of hydrogen-bond donors (Lipinski definition) is 3. The molecule has 0 amide bonds. The van der Waals surface area contributed by atoms with Gasteiger partial charge in [0, 0.05) is 28.9 Å². The maximum Gasteiger partial charge on any atom is 0.131 e. The van der Waals surface area contributed by atoms with E-state index in [2.05, 4.69) is 15.9 Å². The minimum absolute atomic E-state index is 0.0381. The largest absolute Gasteiger partial charge is 0.394 e. The van der Waals surface area contributed by atoms with Crippen LogP contribution in [0.25, 0.3) is 0 Å². The van der Waals surface area contributed by atoms with E-state index in [1.54, 1.807) is 0 Å². The molecule has 20 heavy (non-hydrogen) atoms. The zero-order valence-corrected chi connectivity index (χ0v) is 12.1. The van der Waals surface area contributed by atoms with E-state index in [4.69, 9.17) is 9.84 Å². The Labute approximate surface area is 123 Å². The predicted molar refractivity (Wildman–Crippen MR) is 70.4 cm³/mol. The lowest BCUT2D eigenvalue weighted by molar-refractivity contribution is -0.0234. The lowest BCUT2D eigenvalue weighted by atomic mass is 9.99. The Morgan fingerprint density at radius 1 is 1.35 bits per heavy atom. The van der Waals surface area contributed by atoms with Gasteiger partial charge < -0.3 is 20.1 Å². The Morgan fingerprint density at radius 3 is 2.60 bits per heavy atom. The van der Waals surface area contributed by atoms with Crippen molar-refractivity contribution >= 4 is 15.9 Å². The van der Waals surface area contributed by atoms with Crippen LogP contribution in [0.15, 0.2) is 12.1 Å². The molecule has 7 heteroatoms. The van der Waals surface area contributed by atoms with Gasteiger partial charge in [0.2, 0.25) is 0 Å². The first kappa shape index (κ1) is 15.8. The van der Waals surface area contributed by atoms with Crippen molar-refractivity contribution in [2.75, 3.05) is 11.9 Å². The van der Waals surface area contributed by atoms with Gasteiger partial charge in [-0.15, -0.1) is 0 Å². The summed E-state index contributed by atoms with van der Waals surface area (Å²) in [4.78, 5) is 0. The Morgan fingerprint density at radius 2 is 2.05 bits per heavy atom. The Bertz CT molecular complexity index is 486. The molecular weight excluding hydrogens is 338 g/mol. The second-order valence-electron chi connectivity index (χ2n) is 4.71. The van der Waals surface area contributed by atoms with Crippen LogP contribution in [0, 0.1) is 11.6 Å². The second-order valence-corrected chi connectivity index (χ2v) is 5.36. The molecule has 1 aromatic rings. The van der Waals surface area contributed by atoms with Crippen LogP contribution >= 0.6 is 15.9 Å². The fraction of sp³-hybridized carbons (Fsp3) is 0.538. The van der Waals surface area contributed by atoms with Gasteiger partial charge in [0.25, 0.3) is 0 Å². The van der Waals surface area contributed by atoms with Crippen molar-refractivity contribution in [2.45, 2.75) is 30.8 Å². The number of aliphatic hydroxyl groups excluding tert-OH is 3. The topological polar surface area (TPSA) is 69.9 Å². The number of ether oxygens (including phenoxy) is 1. The number of hydrogen-bond acceptors (Lipinski definition) is 4. The predicted octanol–water partition coefficient (Wildman–Crippen LogP) is 1.58. The van der Waals surface area contributed by atoms with Gasteiger partial charge in [0.15, 0.2) is 0 Å². The monoisotopic (exact) mass is 352 g/mol. The van der Waals surface area contributed by atoms with Crippen LogP contribution in [0.4, 0.5) is 8.78 Å². The Balaban J connectivity index is 2.32. The fourth-order valence-corrected chi connectivity index (χ4v) is 2.61. The van der Waals surface area contributed by atoms with Gasteiger partial charge in [-0.2, -0.15) is 0 Å². The molecule has 1 aromatic carbocycles. The molecule has 0 spiro atoms. The molecule has 1 unspecified atom stereocenters. The molecule has 0 aliphatic carbocycles. The zero-order chi connectivity index (χ0) is 14.9. The molecule has 1 saturated heterocycles. The summed E-state index contributed by atoms with van der Waals surface area (Å²) in [6, 6.07) is 1.90. The highest BCUT2D eigenvalue weighted by Crippen LogP contribution is 2.36. The van der Waals surface area contributed by atoms with Crippen molar-refractivity contribution in [1.29, 1.82) is 0 Å². The average molecular weight is 353 g/mol. The van der Waals surface area contributed by atoms with E-state index >= 15 is 0 Å². The van der Waals surface area contributed by atoms with E-state index in [0.717, 1.165) is 0 Å². The number of benzene rings is 1. The lowest BCUT2D eigenvalue weighted by Crippen LogP contribution is -2.24. The number of aliphatic hydroxyl groups is 3. The van der Waals surface area contributed by atoms with Crippen molar-refractivity contribution in [3.8, 4) is 0 Å². The average Bonchev–Trinajstić information content (AvgIpc) is 2.79. The van der Waals surface area contributed by atoms with Gasteiger partial charge in [0.1, 0.15) is 17.7 Å². The van der Waals surface area contributed by atoms with Gasteiger partial charge in [-0.05, 0) is 6.07 Å². The molecule has 3 N–H and O–H groups in total. The molecule has 2 rings (SSSR count). The molecule has 0 aromatic heterocycles. The number of rotatable bonds is 4. The summed E-state index contributed by atoms with van der Waals surface area (Å²) in [5, 5.41) is 28.5. The minimum atomic E-state index is -1.10. The summed E-state index contributed by atoms with van der Waals surface area (Å²) in [5.41, 5.74) is 0.0280. The summed E-state index contributed by atoms with van der Waals surface area (Å²) in [5.74, 6) is -1.64. The summed E-state index contributed by atoms with van der Waals surface area (Å²) >= 11 is 3.03. The highest BCUT2D eigenvalue weighted by molar-refractivity contribution is 9.09. The van der Waals surface area contributed by atoms with Gasteiger partial charge in [-0.3, -0.25) is 0 Å². The third-order valence-electron chi connectivity index (χ3n) is 3.37. The van der Waals surface area contributed by atoms with E-state index < -0.39 is 36.1 Å². The molecule has 1 fully saturated rings. The quantitative estimate of drug-likeness (QED) is 0.719. The molecular formula is C13H15BrF2O4. The Kier molecular flexibility index (Phi) is 5.09. The summed E-state index contributed by atoms with van der Waals surface area (Å²) in [6.45, 7) is -0.378. The maximum atomic E-state index is 13.9. The van der Waals surface area contributed by atoms with Gasteiger partial charge in [-0.25, -0.2) is 8.78 Å². The van der Waals surface area contributed by atoms with Crippen LogP contribution in [-0.2, 0) is 4.74 Å². The summed E-state index contributed by atoms with van der Waals surface area (Å²) < 4.78 is 32.8. The molecule has 0 radical (unpaired) electrons. The highest BCUT2D eigenvalue weighted by Gasteiger charge is 2.36. The first-order valence-electron chi connectivity index (χ1n) is 6.15. The number of alkyl halides is 1. The normalized spacial score (nSPS) is 27.8. The van der Waals surface area contributed by atoms with Gasteiger partial charge >= 0.3 is 0 Å². The molecule has 1 aliphatic rings. The Hall–Kier alpha value is -0.600. The third-order valence-corrected chi connectivity index (χ3v) is 3.99. The minimum Gasteiger partial charge on any atom is -0.394 e. The van der Waals surface area contributed by atoms with E-state index in [9.17, 15) is 19.0 Å². The van der Waals surface area contributed by atoms with E-state index in [1.807, 2.05) is 0 Å². The molecule has 0 bridgehead atoms. The standard InChI is InChI=1S/C13H15BrF2O4/c14-4-11(19)6-1-7(9(16)2-8(6)15)12-3-10(18)13(5-17)20-12/h1-2,10-13,17-19H,3-5H2/t10-,11?,12+,13+/m0/s1. The van der Waals surface area contributed by atoms with E-state index in [0.29, 0.717) is 6.07 Å². The molecule has 4 atom stereocenters. The molecule has 0 saturated carbocycles. The molecule has 4 nitrogen and oxygen atoms in total. The van der Waals surface area contributed by atoms with Crippen molar-refractivity contribution in [3.63, 3.8) is 0 Å². The lowest BCUT2D eigenvalue weighted by Gasteiger charge is -2.16. The van der Waals surface area contributed by atoms with Gasteiger partial charge in [0.05, 0.1) is 24.9 Å². The number of halogens is 3. The zero-order valence-electron chi connectivity index (χ0n) is 10.5. The summed E-state index contributed by atoms with van der Waals surface area (Å²) in [7, 11) is 0. The smallest absolute Gasteiger partial charge is 0.131 e. The van der Waals surface area contributed by atoms with Crippen LogP contribution in [0.3, 0.4) is 0 Å². The van der Waals surface area contributed by atoms with Crippen LogP contribution in [0.1, 0.15) is 29.8 Å². The van der Waals surface area contributed by atoms with Crippen molar-refractivity contribution in [2.24, 2.45) is 0 Å². The third kappa shape index (κ3) is 3.01. The van der Waals surface area contributed by atoms with E-state index in [1.165, 1.54) is 6.07 Å². The van der Waals surface area contributed by atoms with Crippen LogP contribution in [0.2, 0.25) is 0 Å². The first-order chi connectivity index (χ1) is 9.47. The van der Waals surface area contributed by atoms with Gasteiger partial charge in [-0.1, -0.05) is 15.9 Å². The van der Waals surface area contributed by atoms with Crippen LogP contribution < -0.4 is 0 Å². The molecule has 1 aliphatic heterocycles. The van der Waals surface area contributed by atoms with Crippen LogP contribution in [0.5, 0.6) is 0 Å². The SMILES string of the molecule is OC[C@H]1O[C@@H](c2cc(C(O)CBr)c(F)cc2F)C[C@@H]1O.